The van der Waals surface area contributed by atoms with Gasteiger partial charge in [-0.3, -0.25) is 4.40 Å². The lowest BCUT2D eigenvalue weighted by atomic mass is 9.64. The number of anilines is 3. The van der Waals surface area contributed by atoms with Gasteiger partial charge in [0, 0.05) is 22.0 Å². The van der Waals surface area contributed by atoms with Gasteiger partial charge >= 0.3 is 0 Å². The first-order valence-corrected chi connectivity index (χ1v) is 22.5. The first kappa shape index (κ1) is 36.0. The van der Waals surface area contributed by atoms with Crippen molar-refractivity contribution in [2.75, 3.05) is 4.90 Å². The molecular formula is C62H39N3. The molecule has 1 spiro atoms. The monoisotopic (exact) mass is 825 g/mol. The van der Waals surface area contributed by atoms with Crippen LogP contribution in [0.2, 0.25) is 0 Å². The molecule has 0 bridgehead atoms. The van der Waals surface area contributed by atoms with E-state index < -0.39 is 5.41 Å². The average Bonchev–Trinajstić information content (AvgIpc) is 4.03. The van der Waals surface area contributed by atoms with E-state index in [0.29, 0.717) is 0 Å². The predicted molar refractivity (Wildman–Crippen MR) is 269 cm³/mol. The van der Waals surface area contributed by atoms with Gasteiger partial charge in [0.05, 0.1) is 33.5 Å². The highest BCUT2D eigenvalue weighted by atomic mass is 15.2. The zero-order valence-electron chi connectivity index (χ0n) is 35.4. The molecule has 0 N–H and O–H groups in total. The lowest BCUT2D eigenvalue weighted by Gasteiger charge is -2.45. The second-order valence-corrected chi connectivity index (χ2v) is 17.5. The summed E-state index contributed by atoms with van der Waals surface area (Å²) >= 11 is 0. The van der Waals surface area contributed by atoms with Crippen molar-refractivity contribution in [3.8, 4) is 55.8 Å². The third-order valence-corrected chi connectivity index (χ3v) is 14.1. The van der Waals surface area contributed by atoms with Crippen LogP contribution in [0.5, 0.6) is 0 Å². The van der Waals surface area contributed by atoms with Gasteiger partial charge in [0.15, 0.2) is 0 Å². The molecule has 0 saturated heterocycles. The Morgan fingerprint density at radius 3 is 1.55 bits per heavy atom. The molecule has 0 radical (unpaired) electrons. The van der Waals surface area contributed by atoms with Crippen molar-refractivity contribution in [2.45, 2.75) is 5.41 Å². The van der Waals surface area contributed by atoms with Crippen molar-refractivity contribution in [3.63, 3.8) is 0 Å². The number of fused-ring (bicyclic) bond motifs is 12. The second kappa shape index (κ2) is 13.7. The molecule has 3 heteroatoms. The number of hydrogen-bond donors (Lipinski definition) is 0. The largest absolute Gasteiger partial charge is 0.310 e. The first-order chi connectivity index (χ1) is 32.2. The van der Waals surface area contributed by atoms with Crippen LogP contribution in [0.15, 0.2) is 237 Å². The van der Waals surface area contributed by atoms with Crippen molar-refractivity contribution >= 4 is 44.5 Å². The Kier molecular flexibility index (Phi) is 7.61. The van der Waals surface area contributed by atoms with Crippen LogP contribution in [-0.4, -0.2) is 9.38 Å². The molecule has 302 valence electrons. The van der Waals surface area contributed by atoms with E-state index in [0.717, 1.165) is 28.1 Å². The number of aromatic nitrogens is 2. The Hall–Kier alpha value is -8.53. The third-order valence-electron chi connectivity index (χ3n) is 14.1. The summed E-state index contributed by atoms with van der Waals surface area (Å²) in [7, 11) is 0. The van der Waals surface area contributed by atoms with Crippen LogP contribution in [0.3, 0.4) is 0 Å². The molecule has 0 unspecified atom stereocenters. The second-order valence-electron chi connectivity index (χ2n) is 17.5. The quantitative estimate of drug-likeness (QED) is 0.172. The lowest BCUT2D eigenvalue weighted by Crippen LogP contribution is -2.36. The minimum absolute atomic E-state index is 0.506. The molecule has 0 fully saturated rings. The summed E-state index contributed by atoms with van der Waals surface area (Å²) in [4.78, 5) is 7.58. The highest BCUT2D eigenvalue weighted by Crippen LogP contribution is 2.63. The highest BCUT2D eigenvalue weighted by molar-refractivity contribution is 6.15. The van der Waals surface area contributed by atoms with Crippen molar-refractivity contribution in [2.24, 2.45) is 0 Å². The van der Waals surface area contributed by atoms with Crippen LogP contribution < -0.4 is 4.90 Å². The molecule has 65 heavy (non-hydrogen) atoms. The minimum Gasteiger partial charge on any atom is -0.310 e. The summed E-state index contributed by atoms with van der Waals surface area (Å²) in [5.41, 5.74) is 23.5. The van der Waals surface area contributed by atoms with E-state index in [1.165, 1.54) is 94.4 Å². The van der Waals surface area contributed by atoms with Gasteiger partial charge in [-0.25, -0.2) is 4.98 Å². The summed E-state index contributed by atoms with van der Waals surface area (Å²) in [6.07, 6.45) is 0. The zero-order chi connectivity index (χ0) is 42.6. The van der Waals surface area contributed by atoms with Crippen molar-refractivity contribution < 1.29 is 0 Å². The van der Waals surface area contributed by atoms with Crippen LogP contribution in [0.25, 0.3) is 83.2 Å². The Morgan fingerprint density at radius 2 is 0.862 bits per heavy atom. The minimum atomic E-state index is -0.506. The first-order valence-electron chi connectivity index (χ1n) is 22.5. The Morgan fingerprint density at radius 1 is 0.338 bits per heavy atom. The van der Waals surface area contributed by atoms with Gasteiger partial charge in [-0.1, -0.05) is 176 Å². The number of hydrogen-bond acceptors (Lipinski definition) is 2. The van der Waals surface area contributed by atoms with Gasteiger partial charge in [0.2, 0.25) is 0 Å². The molecular weight excluding hydrogens is 787 g/mol. The third kappa shape index (κ3) is 5.09. The normalized spacial score (nSPS) is 13.3. The average molecular weight is 826 g/mol. The fraction of sp³-hybridized carbons (Fsp3) is 0.0161. The van der Waals surface area contributed by atoms with E-state index in [1.807, 2.05) is 0 Å². The van der Waals surface area contributed by atoms with Crippen LogP contribution in [0, 0.1) is 0 Å². The molecule has 2 aliphatic rings. The summed E-state index contributed by atoms with van der Waals surface area (Å²) in [6.45, 7) is 0. The fourth-order valence-electron chi connectivity index (χ4n) is 11.4. The van der Waals surface area contributed by atoms with E-state index in [2.05, 4.69) is 246 Å². The van der Waals surface area contributed by atoms with Crippen molar-refractivity contribution in [3.05, 3.63) is 259 Å². The molecule has 1 aliphatic heterocycles. The summed E-state index contributed by atoms with van der Waals surface area (Å²) in [5.74, 6) is 0. The zero-order valence-corrected chi connectivity index (χ0v) is 35.4. The van der Waals surface area contributed by atoms with Gasteiger partial charge < -0.3 is 4.90 Å². The van der Waals surface area contributed by atoms with E-state index in [1.54, 1.807) is 0 Å². The van der Waals surface area contributed by atoms with Gasteiger partial charge in [0.25, 0.3) is 0 Å². The molecule has 3 nitrogen and oxygen atoms in total. The van der Waals surface area contributed by atoms with Gasteiger partial charge in [-0.2, -0.15) is 0 Å². The standard InChI is InChI=1S/C62H39N3/c1-3-16-40(17-4-1)60-61-51-38-45(33-35-50(51)56-30-15-31-59(63-60)65(56)61)43-20-13-18-41(36-43)42-19-14-21-44(37-42)46-32-34-49-48-24-7-8-25-52(48)62(55(49)39-46)53-26-9-11-28-57(53)64(47-22-5-2-6-23-47)58-29-12-10-27-54(58)62/h1-39H. The molecule has 0 atom stereocenters. The van der Waals surface area contributed by atoms with Crippen LogP contribution in [-0.2, 0) is 5.41 Å². The molecule has 4 heterocycles. The molecule has 0 amide bonds. The Labute approximate surface area is 377 Å². The maximum Gasteiger partial charge on any atom is 0.138 e. The molecule has 3 aromatic heterocycles. The summed E-state index contributed by atoms with van der Waals surface area (Å²) in [5, 5.41) is 2.46. The van der Waals surface area contributed by atoms with Crippen molar-refractivity contribution in [1.29, 1.82) is 0 Å². The fourth-order valence-corrected chi connectivity index (χ4v) is 11.4. The van der Waals surface area contributed by atoms with Crippen LogP contribution in [0.1, 0.15) is 22.3 Å². The molecule has 12 aromatic rings. The number of nitrogens with zero attached hydrogens (tertiary/aromatic N) is 3. The Balaban J connectivity index is 0.894. The lowest BCUT2D eigenvalue weighted by molar-refractivity contribution is 0.753. The molecule has 0 saturated carbocycles. The highest BCUT2D eigenvalue weighted by Gasteiger charge is 2.51. The predicted octanol–water partition coefficient (Wildman–Crippen LogP) is 15.9. The molecule has 9 aromatic carbocycles. The maximum atomic E-state index is 5.13. The SMILES string of the molecule is c1ccc(-c2nc3cccc4c5ccc(-c6cccc(-c7cccc(-c8ccc9c(c8)C8(c%10ccccc%10-9)c9ccccc9N(c9ccccc9)c9ccccc98)c7)c6)cc5c2n34)cc1. The van der Waals surface area contributed by atoms with Gasteiger partial charge in [-0.05, 0) is 127 Å². The van der Waals surface area contributed by atoms with E-state index in [4.69, 9.17) is 4.98 Å². The van der Waals surface area contributed by atoms with Crippen LogP contribution >= 0.6 is 0 Å². The number of rotatable bonds is 5. The van der Waals surface area contributed by atoms with Crippen LogP contribution in [0.4, 0.5) is 17.1 Å². The summed E-state index contributed by atoms with van der Waals surface area (Å²) in [6, 6.07) is 87.1. The van der Waals surface area contributed by atoms with E-state index >= 15 is 0 Å². The summed E-state index contributed by atoms with van der Waals surface area (Å²) < 4.78 is 2.32. The smallest absolute Gasteiger partial charge is 0.138 e. The van der Waals surface area contributed by atoms with Gasteiger partial charge in [-0.15, -0.1) is 0 Å². The van der Waals surface area contributed by atoms with E-state index in [9.17, 15) is 0 Å². The molecule has 14 rings (SSSR count). The molecule has 1 aliphatic carbocycles. The maximum absolute atomic E-state index is 5.13. The number of imidazole rings is 1. The number of pyridine rings is 1. The number of benzene rings is 9. The number of para-hydroxylation sites is 3. The van der Waals surface area contributed by atoms with Gasteiger partial charge in [0.1, 0.15) is 5.65 Å². The van der Waals surface area contributed by atoms with Crippen molar-refractivity contribution in [1.82, 2.24) is 9.38 Å². The van der Waals surface area contributed by atoms with E-state index in [-0.39, 0.29) is 0 Å². The topological polar surface area (TPSA) is 20.5 Å². The Bertz CT molecular complexity index is 3800.